The van der Waals surface area contributed by atoms with Gasteiger partial charge in [0.05, 0.1) is 11.3 Å². The summed E-state index contributed by atoms with van der Waals surface area (Å²) in [6.07, 6.45) is -1.95. The highest BCUT2D eigenvalue weighted by molar-refractivity contribution is 5.79. The van der Waals surface area contributed by atoms with Crippen molar-refractivity contribution in [3.63, 3.8) is 0 Å². The van der Waals surface area contributed by atoms with Crippen molar-refractivity contribution in [2.45, 2.75) is 18.1 Å². The molecule has 1 aliphatic rings. The highest BCUT2D eigenvalue weighted by atomic mass is 16.5. The molecule has 4 rings (SSSR count). The summed E-state index contributed by atoms with van der Waals surface area (Å²) in [4.78, 5) is 16.1. The van der Waals surface area contributed by atoms with E-state index in [9.17, 15) is 15.0 Å². The van der Waals surface area contributed by atoms with Crippen molar-refractivity contribution in [3.8, 4) is 17.2 Å². The number of hydrogen-bond acceptors (Lipinski definition) is 6. The molecule has 1 amide bonds. The van der Waals surface area contributed by atoms with Crippen LogP contribution in [0.4, 0.5) is 4.79 Å². The molecular weight excluding hydrogens is 394 g/mol. The lowest BCUT2D eigenvalue weighted by molar-refractivity contribution is 0.0160. The number of aliphatic hydroxyl groups excluding tert-OH is 2. The molecule has 0 spiro atoms. The normalized spacial score (nSPS) is 14.1. The van der Waals surface area contributed by atoms with E-state index in [-0.39, 0.29) is 24.8 Å². The molecular formula is C24H21N3O4. The van der Waals surface area contributed by atoms with Crippen molar-refractivity contribution in [1.82, 2.24) is 10.3 Å². The van der Waals surface area contributed by atoms with Crippen LogP contribution in [0.1, 0.15) is 34.4 Å². The number of benzene rings is 2. The minimum atomic E-state index is -1.30. The second kappa shape index (κ2) is 8.96. The lowest BCUT2D eigenvalue weighted by Gasteiger charge is -2.19. The fourth-order valence-corrected chi connectivity index (χ4v) is 3.79. The molecule has 7 heteroatoms. The lowest BCUT2D eigenvalue weighted by atomic mass is 9.98. The number of amides is 1. The van der Waals surface area contributed by atoms with Gasteiger partial charge in [-0.2, -0.15) is 5.26 Å². The van der Waals surface area contributed by atoms with Crippen LogP contribution < -0.4 is 5.32 Å². The number of aromatic nitrogens is 1. The van der Waals surface area contributed by atoms with Gasteiger partial charge in [-0.3, -0.25) is 4.98 Å². The molecule has 0 saturated carbocycles. The number of rotatable bonds is 6. The van der Waals surface area contributed by atoms with Gasteiger partial charge in [0, 0.05) is 18.7 Å². The molecule has 0 fully saturated rings. The van der Waals surface area contributed by atoms with E-state index in [1.807, 2.05) is 42.5 Å². The van der Waals surface area contributed by atoms with Crippen molar-refractivity contribution in [1.29, 1.82) is 5.26 Å². The maximum Gasteiger partial charge on any atom is 0.407 e. The number of fused-ring (bicyclic) bond motifs is 3. The van der Waals surface area contributed by atoms with E-state index < -0.39 is 18.3 Å². The van der Waals surface area contributed by atoms with Gasteiger partial charge in [0.15, 0.2) is 0 Å². The van der Waals surface area contributed by atoms with Gasteiger partial charge in [-0.15, -0.1) is 0 Å². The van der Waals surface area contributed by atoms with Gasteiger partial charge >= 0.3 is 6.09 Å². The minimum Gasteiger partial charge on any atom is -0.449 e. The molecule has 1 heterocycles. The van der Waals surface area contributed by atoms with Crippen molar-refractivity contribution in [2.24, 2.45) is 0 Å². The molecule has 2 atom stereocenters. The van der Waals surface area contributed by atoms with E-state index in [1.165, 1.54) is 18.3 Å². The number of hydrogen-bond donors (Lipinski definition) is 3. The molecule has 7 nitrogen and oxygen atoms in total. The Morgan fingerprint density at radius 1 is 1.06 bits per heavy atom. The van der Waals surface area contributed by atoms with E-state index >= 15 is 0 Å². The van der Waals surface area contributed by atoms with Gasteiger partial charge in [-0.1, -0.05) is 48.5 Å². The lowest BCUT2D eigenvalue weighted by Crippen LogP contribution is -2.36. The molecule has 3 N–H and O–H groups in total. The zero-order valence-corrected chi connectivity index (χ0v) is 16.6. The van der Waals surface area contributed by atoms with Crippen LogP contribution in [0.25, 0.3) is 11.1 Å². The van der Waals surface area contributed by atoms with Crippen molar-refractivity contribution < 1.29 is 19.7 Å². The second-order valence-corrected chi connectivity index (χ2v) is 7.30. The molecule has 2 unspecified atom stereocenters. The third-order valence-corrected chi connectivity index (χ3v) is 5.38. The molecule has 2 aromatic carbocycles. The third kappa shape index (κ3) is 4.26. The van der Waals surface area contributed by atoms with Crippen LogP contribution >= 0.6 is 0 Å². The maximum atomic E-state index is 12.2. The first-order valence-electron chi connectivity index (χ1n) is 9.89. The Labute approximate surface area is 179 Å². The quantitative estimate of drug-likeness (QED) is 0.570. The number of nitrogens with zero attached hydrogens (tertiary/aromatic N) is 2. The first kappa shape index (κ1) is 20.5. The molecule has 0 bridgehead atoms. The van der Waals surface area contributed by atoms with Gasteiger partial charge in [0.2, 0.25) is 0 Å². The number of ether oxygens (including phenoxy) is 1. The predicted molar refractivity (Wildman–Crippen MR) is 113 cm³/mol. The first-order chi connectivity index (χ1) is 15.1. The second-order valence-electron chi connectivity index (χ2n) is 7.30. The molecule has 0 radical (unpaired) electrons. The number of carbonyl (C=O) groups excluding carboxylic acids is 1. The zero-order chi connectivity index (χ0) is 21.8. The number of nitrogens with one attached hydrogen (secondary N) is 1. The molecule has 31 heavy (non-hydrogen) atoms. The molecule has 1 aromatic heterocycles. The first-order valence-corrected chi connectivity index (χ1v) is 9.89. The summed E-state index contributed by atoms with van der Waals surface area (Å²) in [6.45, 7) is -0.0464. The average Bonchev–Trinajstić information content (AvgIpc) is 3.14. The summed E-state index contributed by atoms with van der Waals surface area (Å²) in [5.41, 5.74) is 5.06. The topological polar surface area (TPSA) is 115 Å². The SMILES string of the molecule is N#Cc1ccc(C(O)C(O)CNC(=O)OCC2c3ccccc3-c3ccccc32)nc1. The van der Waals surface area contributed by atoms with Gasteiger partial charge in [-0.25, -0.2) is 4.79 Å². The van der Waals surface area contributed by atoms with Crippen LogP contribution in [0.3, 0.4) is 0 Å². The summed E-state index contributed by atoms with van der Waals surface area (Å²) >= 11 is 0. The van der Waals surface area contributed by atoms with E-state index in [1.54, 1.807) is 0 Å². The summed E-state index contributed by atoms with van der Waals surface area (Å²) in [5, 5.41) is 31.6. The van der Waals surface area contributed by atoms with Crippen LogP contribution in [0.5, 0.6) is 0 Å². The monoisotopic (exact) mass is 415 g/mol. The predicted octanol–water partition coefficient (Wildman–Crippen LogP) is 2.89. The number of nitriles is 1. The fraction of sp³-hybridized carbons (Fsp3) is 0.208. The highest BCUT2D eigenvalue weighted by Crippen LogP contribution is 2.44. The molecule has 0 saturated heterocycles. The average molecular weight is 415 g/mol. The Morgan fingerprint density at radius 2 is 1.71 bits per heavy atom. The highest BCUT2D eigenvalue weighted by Gasteiger charge is 2.29. The van der Waals surface area contributed by atoms with Gasteiger partial charge in [0.25, 0.3) is 0 Å². The van der Waals surface area contributed by atoms with E-state index in [2.05, 4.69) is 22.4 Å². The summed E-state index contributed by atoms with van der Waals surface area (Å²) in [7, 11) is 0. The number of pyridine rings is 1. The molecule has 156 valence electrons. The molecule has 3 aromatic rings. The van der Waals surface area contributed by atoms with Gasteiger partial charge < -0.3 is 20.3 Å². The summed E-state index contributed by atoms with van der Waals surface area (Å²) < 4.78 is 5.41. The van der Waals surface area contributed by atoms with Crippen LogP contribution in [0, 0.1) is 11.3 Å². The summed E-state index contributed by atoms with van der Waals surface area (Å²) in [5.74, 6) is -0.0588. The third-order valence-electron chi connectivity index (χ3n) is 5.38. The van der Waals surface area contributed by atoms with Crippen molar-refractivity contribution in [3.05, 3.63) is 89.2 Å². The molecule has 0 aliphatic heterocycles. The Hall–Kier alpha value is -3.73. The van der Waals surface area contributed by atoms with Crippen LogP contribution in [-0.4, -0.2) is 40.5 Å². The Morgan fingerprint density at radius 3 is 2.29 bits per heavy atom. The Kier molecular flexibility index (Phi) is 5.94. The Balaban J connectivity index is 1.33. The van der Waals surface area contributed by atoms with E-state index in [4.69, 9.17) is 10.00 Å². The van der Waals surface area contributed by atoms with Crippen molar-refractivity contribution >= 4 is 6.09 Å². The standard InChI is InChI=1S/C24H21N3O4/c25-11-15-9-10-21(26-12-15)23(29)22(28)13-27-24(30)31-14-20-18-7-3-1-5-16(18)17-6-2-4-8-19(17)20/h1-10,12,20,22-23,28-29H,13-14H2,(H,27,30). The molecule has 1 aliphatic carbocycles. The maximum absolute atomic E-state index is 12.2. The fourth-order valence-electron chi connectivity index (χ4n) is 3.79. The summed E-state index contributed by atoms with van der Waals surface area (Å²) in [6, 6.07) is 21.0. The zero-order valence-electron chi connectivity index (χ0n) is 16.6. The van der Waals surface area contributed by atoms with Crippen LogP contribution in [-0.2, 0) is 4.74 Å². The largest absolute Gasteiger partial charge is 0.449 e. The number of alkyl carbamates (subject to hydrolysis) is 1. The number of carbonyl (C=O) groups is 1. The van der Waals surface area contributed by atoms with Gasteiger partial charge in [-0.05, 0) is 34.4 Å². The van der Waals surface area contributed by atoms with E-state index in [0.29, 0.717) is 5.56 Å². The van der Waals surface area contributed by atoms with Crippen LogP contribution in [0.15, 0.2) is 66.9 Å². The van der Waals surface area contributed by atoms with Crippen LogP contribution in [0.2, 0.25) is 0 Å². The smallest absolute Gasteiger partial charge is 0.407 e. The van der Waals surface area contributed by atoms with Gasteiger partial charge in [0.1, 0.15) is 24.9 Å². The minimum absolute atomic E-state index is 0.0588. The Bertz CT molecular complexity index is 1080. The number of aliphatic hydroxyl groups is 2. The van der Waals surface area contributed by atoms with Crippen molar-refractivity contribution in [2.75, 3.05) is 13.2 Å². The van der Waals surface area contributed by atoms with E-state index in [0.717, 1.165) is 22.3 Å².